The number of aromatic nitrogens is 1. The molecule has 1 amide bonds. The highest BCUT2D eigenvalue weighted by Gasteiger charge is 2.23. The van der Waals surface area contributed by atoms with E-state index in [0.717, 1.165) is 37.0 Å². The van der Waals surface area contributed by atoms with Gasteiger partial charge in [-0.2, -0.15) is 0 Å². The maximum absolute atomic E-state index is 13.3. The van der Waals surface area contributed by atoms with Gasteiger partial charge in [0.25, 0.3) is 5.91 Å². The number of nitrogens with one attached hydrogen (secondary N) is 2. The average molecular weight is 519 g/mol. The Bertz CT molecular complexity index is 1220. The highest BCUT2D eigenvalue weighted by Crippen LogP contribution is 2.35. The van der Waals surface area contributed by atoms with Crippen LogP contribution in [0.3, 0.4) is 0 Å². The number of carbonyl (C=O) groups is 1. The first-order chi connectivity index (χ1) is 18.3. The largest absolute Gasteiger partial charge is 0.493 e. The van der Waals surface area contributed by atoms with Crippen molar-refractivity contribution in [3.63, 3.8) is 0 Å². The predicted octanol–water partition coefficient (Wildman–Crippen LogP) is 5.89. The maximum Gasteiger partial charge on any atom is 0.255 e. The molecule has 0 radical (unpaired) electrons. The number of hydrogen-bond acceptors (Lipinski definition) is 6. The van der Waals surface area contributed by atoms with E-state index in [1.165, 1.54) is 19.4 Å². The lowest BCUT2D eigenvalue weighted by Gasteiger charge is -2.31. The van der Waals surface area contributed by atoms with Crippen molar-refractivity contribution in [2.75, 3.05) is 31.6 Å². The molecule has 0 bridgehead atoms. The molecule has 0 saturated carbocycles. The topological polar surface area (TPSA) is 86.7 Å². The van der Waals surface area contributed by atoms with E-state index < -0.39 is 5.54 Å². The third-order valence-corrected chi connectivity index (χ3v) is 7.01. The molecular formula is C31H42N4O3. The van der Waals surface area contributed by atoms with Gasteiger partial charge in [-0.25, -0.2) is 0 Å². The molecular weight excluding hydrogens is 476 g/mol. The summed E-state index contributed by atoms with van der Waals surface area (Å²) >= 11 is 0. The third-order valence-electron chi connectivity index (χ3n) is 7.01. The number of aliphatic hydroxyl groups excluding tert-OH is 1. The van der Waals surface area contributed by atoms with E-state index in [1.807, 2.05) is 63.2 Å². The van der Waals surface area contributed by atoms with E-state index >= 15 is 0 Å². The van der Waals surface area contributed by atoms with Crippen molar-refractivity contribution >= 4 is 28.2 Å². The molecule has 0 atom stereocenters. The number of likely N-dealkylation sites (tertiary alicyclic amines) is 1. The van der Waals surface area contributed by atoms with Crippen molar-refractivity contribution in [3.8, 4) is 5.75 Å². The number of aliphatic hydroxyl groups is 1. The van der Waals surface area contributed by atoms with Crippen molar-refractivity contribution < 1.29 is 14.6 Å². The molecule has 4 rings (SSSR count). The first-order valence-corrected chi connectivity index (χ1v) is 13.8. The summed E-state index contributed by atoms with van der Waals surface area (Å²) in [6.07, 6.45) is 6.31. The van der Waals surface area contributed by atoms with Crippen molar-refractivity contribution in [1.29, 1.82) is 0 Å². The lowest BCUT2D eigenvalue weighted by Crippen LogP contribution is -2.40. The summed E-state index contributed by atoms with van der Waals surface area (Å²) in [4.78, 5) is 20.4. The van der Waals surface area contributed by atoms with E-state index in [4.69, 9.17) is 4.74 Å². The van der Waals surface area contributed by atoms with Crippen LogP contribution in [0.4, 0.5) is 11.4 Å². The van der Waals surface area contributed by atoms with Gasteiger partial charge in [-0.3, -0.25) is 9.78 Å². The molecule has 1 fully saturated rings. The van der Waals surface area contributed by atoms with Crippen LogP contribution < -0.4 is 15.4 Å². The van der Waals surface area contributed by atoms with Gasteiger partial charge in [-0.05, 0) is 89.9 Å². The Morgan fingerprint density at radius 1 is 1.16 bits per heavy atom. The number of ether oxygens (including phenoxy) is 1. The van der Waals surface area contributed by atoms with Crippen molar-refractivity contribution in [2.45, 2.75) is 65.5 Å². The second kappa shape index (κ2) is 12.6. The lowest BCUT2D eigenvalue weighted by atomic mass is 9.97. The number of nitrogens with zero attached hydrogens (tertiary/aromatic N) is 2. The number of amides is 1. The van der Waals surface area contributed by atoms with E-state index in [9.17, 15) is 9.90 Å². The predicted molar refractivity (Wildman–Crippen MR) is 154 cm³/mol. The molecule has 38 heavy (non-hydrogen) atoms. The van der Waals surface area contributed by atoms with Gasteiger partial charge < -0.3 is 25.4 Å². The van der Waals surface area contributed by atoms with Crippen molar-refractivity contribution in [2.24, 2.45) is 5.92 Å². The Balaban J connectivity index is 1.63. The number of anilines is 2. The zero-order chi connectivity index (χ0) is 27.1. The van der Waals surface area contributed by atoms with Crippen LogP contribution in [0, 0.1) is 5.92 Å². The zero-order valence-electron chi connectivity index (χ0n) is 23.2. The molecule has 1 saturated heterocycles. The quantitative estimate of drug-likeness (QED) is 0.310. The van der Waals surface area contributed by atoms with Gasteiger partial charge in [0.1, 0.15) is 5.75 Å². The normalized spacial score (nSPS) is 15.0. The van der Waals surface area contributed by atoms with E-state index in [1.54, 1.807) is 6.20 Å². The first kappa shape index (κ1) is 27.9. The van der Waals surface area contributed by atoms with Gasteiger partial charge in [-0.15, -0.1) is 0 Å². The minimum atomic E-state index is -0.392. The molecule has 1 aromatic heterocycles. The van der Waals surface area contributed by atoms with Crippen LogP contribution in [0.2, 0.25) is 0 Å². The summed E-state index contributed by atoms with van der Waals surface area (Å²) in [7, 11) is 0. The number of hydrogen-bond donors (Lipinski definition) is 3. The Morgan fingerprint density at radius 2 is 1.89 bits per heavy atom. The number of piperidine rings is 1. The van der Waals surface area contributed by atoms with Gasteiger partial charge in [-0.1, -0.05) is 31.5 Å². The van der Waals surface area contributed by atoms with E-state index in [0.29, 0.717) is 40.6 Å². The fourth-order valence-corrected chi connectivity index (χ4v) is 4.87. The monoisotopic (exact) mass is 518 g/mol. The van der Waals surface area contributed by atoms with E-state index in [-0.39, 0.29) is 12.5 Å². The molecule has 3 N–H and O–H groups in total. The SMILES string of the molecule is CCCCN1CCC(COc2cc3c(Nc4ccccc4)c(C(=O)NC(C)(C)C)cnc3cc2CO)CC1. The number of pyridine rings is 1. The second-order valence-electron chi connectivity index (χ2n) is 11.3. The van der Waals surface area contributed by atoms with E-state index in [2.05, 4.69) is 27.4 Å². The van der Waals surface area contributed by atoms with Gasteiger partial charge >= 0.3 is 0 Å². The number of para-hydroxylation sites is 1. The first-order valence-electron chi connectivity index (χ1n) is 13.8. The van der Waals surface area contributed by atoms with Crippen LogP contribution >= 0.6 is 0 Å². The molecule has 2 heterocycles. The molecule has 3 aromatic rings. The Morgan fingerprint density at radius 3 is 2.55 bits per heavy atom. The number of fused-ring (bicyclic) bond motifs is 1. The maximum atomic E-state index is 13.3. The standard InChI is InChI=1S/C31H42N4O3/c1-5-6-14-35-15-12-22(13-16-35)21-38-28-18-25-27(17-23(28)20-36)32-19-26(30(37)34-31(2,3)4)29(25)33-24-10-8-7-9-11-24/h7-11,17-19,22,36H,5-6,12-16,20-21H2,1-4H3,(H,32,33)(H,34,37). The highest BCUT2D eigenvalue weighted by molar-refractivity contribution is 6.08. The number of unbranched alkanes of at least 4 members (excludes halogenated alkanes) is 1. The van der Waals surface area contributed by atoms with Crippen molar-refractivity contribution in [1.82, 2.24) is 15.2 Å². The second-order valence-corrected chi connectivity index (χ2v) is 11.3. The van der Waals surface area contributed by atoms with Gasteiger partial charge in [0.05, 0.1) is 30.0 Å². The molecule has 1 aliphatic heterocycles. The minimum Gasteiger partial charge on any atom is -0.493 e. The van der Waals surface area contributed by atoms with Crippen LogP contribution in [0.15, 0.2) is 48.7 Å². The van der Waals surface area contributed by atoms with Crippen LogP contribution in [0.25, 0.3) is 10.9 Å². The number of benzene rings is 2. The average Bonchev–Trinajstić information content (AvgIpc) is 2.90. The molecule has 204 valence electrons. The summed E-state index contributed by atoms with van der Waals surface area (Å²) < 4.78 is 6.34. The summed E-state index contributed by atoms with van der Waals surface area (Å²) in [5, 5.41) is 17.4. The molecule has 7 nitrogen and oxygen atoms in total. The van der Waals surface area contributed by atoms with Gasteiger partial charge in [0.2, 0.25) is 0 Å². The molecule has 1 aliphatic rings. The van der Waals surface area contributed by atoms with Crippen LogP contribution in [-0.4, -0.2) is 52.7 Å². The molecule has 0 aliphatic carbocycles. The van der Waals surface area contributed by atoms with Crippen LogP contribution in [0.1, 0.15) is 69.3 Å². The lowest BCUT2D eigenvalue weighted by molar-refractivity contribution is 0.0920. The third kappa shape index (κ3) is 7.23. The molecule has 7 heteroatoms. The number of rotatable bonds is 10. The van der Waals surface area contributed by atoms with Crippen molar-refractivity contribution in [3.05, 3.63) is 59.8 Å². The summed E-state index contributed by atoms with van der Waals surface area (Å²) in [6.45, 7) is 12.0. The van der Waals surface area contributed by atoms with Gasteiger partial charge in [0, 0.05) is 28.4 Å². The Labute approximate surface area is 226 Å². The summed E-state index contributed by atoms with van der Waals surface area (Å²) in [6, 6.07) is 13.6. The zero-order valence-corrected chi connectivity index (χ0v) is 23.2. The highest BCUT2D eigenvalue weighted by atomic mass is 16.5. The molecule has 0 unspecified atom stereocenters. The fraction of sp³-hybridized carbons (Fsp3) is 0.484. The minimum absolute atomic E-state index is 0.143. The number of carbonyl (C=O) groups excluding carboxylic acids is 1. The molecule has 2 aromatic carbocycles. The Hall–Kier alpha value is -3.16. The molecule has 0 spiro atoms. The Kier molecular flexibility index (Phi) is 9.23. The summed E-state index contributed by atoms with van der Waals surface area (Å²) in [5.41, 5.74) is 2.99. The fourth-order valence-electron chi connectivity index (χ4n) is 4.87. The van der Waals surface area contributed by atoms with Crippen LogP contribution in [0.5, 0.6) is 5.75 Å². The van der Waals surface area contributed by atoms with Crippen LogP contribution in [-0.2, 0) is 6.61 Å². The summed E-state index contributed by atoms with van der Waals surface area (Å²) in [5.74, 6) is 0.924. The van der Waals surface area contributed by atoms with Gasteiger partial charge in [0.15, 0.2) is 0 Å². The smallest absolute Gasteiger partial charge is 0.255 e.